The second kappa shape index (κ2) is 11.6. The zero-order valence-electron chi connectivity index (χ0n) is 12.8. The minimum absolute atomic E-state index is 0.575. The van der Waals surface area contributed by atoms with Gasteiger partial charge in [0.05, 0.1) is 0 Å². The summed E-state index contributed by atoms with van der Waals surface area (Å²) < 4.78 is 10.6. The van der Waals surface area contributed by atoms with Crippen LogP contribution in [0.15, 0.2) is 55.6 Å². The van der Waals surface area contributed by atoms with Crippen LogP contribution in [-0.4, -0.2) is 29.1 Å². The molecule has 0 radical (unpaired) electrons. The van der Waals surface area contributed by atoms with E-state index in [-0.39, 0.29) is 0 Å². The fraction of sp³-hybridized carbons (Fsp3) is 0.444. The van der Waals surface area contributed by atoms with Crippen molar-refractivity contribution in [2.75, 3.05) is 24.6 Å². The molecule has 0 amide bonds. The molecule has 0 atom stereocenters. The lowest BCUT2D eigenvalue weighted by Gasteiger charge is -2.22. The van der Waals surface area contributed by atoms with Crippen LogP contribution < -0.4 is 5.32 Å². The number of piperidine rings is 1. The molecule has 1 N–H and O–H groups in total. The monoisotopic (exact) mass is 305 g/mol. The Bertz CT molecular complexity index is 377. The first kappa shape index (κ1) is 18.0. The van der Waals surface area contributed by atoms with E-state index in [0.29, 0.717) is 11.5 Å². The van der Waals surface area contributed by atoms with Gasteiger partial charge in [-0.1, -0.05) is 43.5 Å². The highest BCUT2D eigenvalue weighted by atomic mass is 32.2. The van der Waals surface area contributed by atoms with Crippen LogP contribution in [0, 0.1) is 5.92 Å². The van der Waals surface area contributed by atoms with E-state index in [1.165, 1.54) is 37.9 Å². The Morgan fingerprint density at radius 1 is 1.10 bits per heavy atom. The van der Waals surface area contributed by atoms with E-state index in [0.717, 1.165) is 5.92 Å². The average Bonchev–Trinajstić information content (AvgIpc) is 2.50. The zero-order valence-corrected chi connectivity index (χ0v) is 13.6. The largest absolute Gasteiger partial charge is 0.616 e. The second-order valence-electron chi connectivity index (χ2n) is 5.23. The van der Waals surface area contributed by atoms with Gasteiger partial charge in [0.25, 0.3) is 0 Å². The fourth-order valence-electron chi connectivity index (χ4n) is 2.36. The van der Waals surface area contributed by atoms with E-state index in [2.05, 4.69) is 48.8 Å². The summed E-state index contributed by atoms with van der Waals surface area (Å²) in [6.07, 6.45) is 7.26. The highest BCUT2D eigenvalue weighted by molar-refractivity contribution is 7.91. The second-order valence-corrected chi connectivity index (χ2v) is 6.78. The molecule has 21 heavy (non-hydrogen) atoms. The quantitative estimate of drug-likeness (QED) is 0.646. The van der Waals surface area contributed by atoms with Crippen LogP contribution in [0.1, 0.15) is 18.4 Å². The van der Waals surface area contributed by atoms with Crippen molar-refractivity contribution in [3.8, 4) is 0 Å². The third-order valence-corrected chi connectivity index (χ3v) is 4.65. The average molecular weight is 305 g/mol. The van der Waals surface area contributed by atoms with Gasteiger partial charge >= 0.3 is 0 Å². The molecule has 1 heterocycles. The van der Waals surface area contributed by atoms with Crippen molar-refractivity contribution in [2.24, 2.45) is 5.92 Å². The van der Waals surface area contributed by atoms with E-state index in [1.807, 2.05) is 0 Å². The number of hydrogen-bond acceptors (Lipinski definition) is 2. The minimum atomic E-state index is -0.756. The van der Waals surface area contributed by atoms with Gasteiger partial charge in [-0.25, -0.2) is 0 Å². The predicted molar refractivity (Wildman–Crippen MR) is 94.0 cm³/mol. The van der Waals surface area contributed by atoms with Gasteiger partial charge in [0, 0.05) is 0 Å². The van der Waals surface area contributed by atoms with Gasteiger partial charge in [-0.2, -0.15) is 0 Å². The normalized spacial score (nSPS) is 15.1. The van der Waals surface area contributed by atoms with Crippen LogP contribution in [0.5, 0.6) is 0 Å². The predicted octanol–water partition coefficient (Wildman–Crippen LogP) is 3.34. The molecule has 0 unspecified atom stereocenters. The van der Waals surface area contributed by atoms with Gasteiger partial charge in [-0.15, -0.1) is 0 Å². The van der Waals surface area contributed by atoms with E-state index < -0.39 is 11.2 Å². The van der Waals surface area contributed by atoms with Crippen molar-refractivity contribution in [3.05, 3.63) is 61.2 Å². The molecule has 116 valence electrons. The van der Waals surface area contributed by atoms with Crippen LogP contribution >= 0.6 is 0 Å². The van der Waals surface area contributed by atoms with Crippen molar-refractivity contribution in [2.45, 2.75) is 19.3 Å². The Morgan fingerprint density at radius 2 is 1.67 bits per heavy atom. The summed E-state index contributed by atoms with van der Waals surface area (Å²) in [4.78, 5) is 0. The summed E-state index contributed by atoms with van der Waals surface area (Å²) in [5.74, 6) is 2.06. The lowest BCUT2D eigenvalue weighted by atomic mass is 9.91. The standard InChI is InChI=1S/C12H17N.C6H10OS/c1-2-4-11(5-3-1)10-12-6-8-13-9-7-12;1-3-5-8(7)6-4-2/h1-5,12-13H,6-10H2;3-4H,1-2,5-6H2. The summed E-state index contributed by atoms with van der Waals surface area (Å²) in [7, 11) is 0. The molecule has 1 aromatic rings. The molecule has 1 fully saturated rings. The van der Waals surface area contributed by atoms with Crippen molar-refractivity contribution < 1.29 is 4.55 Å². The zero-order chi connectivity index (χ0) is 15.3. The summed E-state index contributed by atoms with van der Waals surface area (Å²) in [6, 6.07) is 10.8. The Labute approximate surface area is 132 Å². The summed E-state index contributed by atoms with van der Waals surface area (Å²) in [6.45, 7) is 9.32. The van der Waals surface area contributed by atoms with Crippen molar-refractivity contribution in [3.63, 3.8) is 0 Å². The molecular formula is C18H27NOS. The van der Waals surface area contributed by atoms with Crippen molar-refractivity contribution in [1.82, 2.24) is 5.32 Å². The van der Waals surface area contributed by atoms with Crippen molar-refractivity contribution in [1.29, 1.82) is 0 Å². The van der Waals surface area contributed by atoms with Crippen LogP contribution in [0.3, 0.4) is 0 Å². The number of rotatable bonds is 6. The van der Waals surface area contributed by atoms with E-state index >= 15 is 0 Å². The Hall–Kier alpha value is -1.03. The van der Waals surface area contributed by atoms with Crippen LogP contribution in [0.4, 0.5) is 0 Å². The minimum Gasteiger partial charge on any atom is -0.616 e. The number of hydrogen-bond donors (Lipinski definition) is 1. The molecule has 0 spiro atoms. The Balaban J connectivity index is 0.000000240. The summed E-state index contributed by atoms with van der Waals surface area (Å²) in [5.41, 5.74) is 1.49. The maximum atomic E-state index is 10.6. The summed E-state index contributed by atoms with van der Waals surface area (Å²) >= 11 is -0.756. The topological polar surface area (TPSA) is 35.1 Å². The Morgan fingerprint density at radius 3 is 2.19 bits per heavy atom. The number of nitrogens with one attached hydrogen (secondary N) is 1. The molecule has 1 aliphatic heterocycles. The van der Waals surface area contributed by atoms with Crippen molar-refractivity contribution >= 4 is 11.2 Å². The first-order chi connectivity index (χ1) is 10.3. The van der Waals surface area contributed by atoms with Gasteiger partial charge in [-0.3, -0.25) is 0 Å². The molecular weight excluding hydrogens is 278 g/mol. The molecule has 1 aliphatic rings. The SMILES string of the molecule is C=CC[S+]([O-])CC=C.c1ccc(CC2CCNCC2)cc1. The fourth-order valence-corrected chi connectivity index (χ4v) is 3.03. The third-order valence-electron chi connectivity index (χ3n) is 3.43. The molecule has 0 aliphatic carbocycles. The van der Waals surface area contributed by atoms with Crippen LogP contribution in [0.25, 0.3) is 0 Å². The van der Waals surface area contributed by atoms with Crippen LogP contribution in [-0.2, 0) is 17.6 Å². The van der Waals surface area contributed by atoms with Gasteiger partial charge < -0.3 is 9.87 Å². The first-order valence-electron chi connectivity index (χ1n) is 7.57. The van der Waals surface area contributed by atoms with Gasteiger partial charge in [0.2, 0.25) is 0 Å². The lowest BCUT2D eigenvalue weighted by Crippen LogP contribution is -2.28. The smallest absolute Gasteiger partial charge is 0.123 e. The highest BCUT2D eigenvalue weighted by Gasteiger charge is 2.12. The van der Waals surface area contributed by atoms with E-state index in [4.69, 9.17) is 0 Å². The molecule has 2 rings (SSSR count). The molecule has 0 aromatic heterocycles. The third kappa shape index (κ3) is 8.76. The lowest BCUT2D eigenvalue weighted by molar-refractivity contribution is 0.372. The highest BCUT2D eigenvalue weighted by Crippen LogP contribution is 2.17. The number of benzene rings is 1. The molecule has 0 bridgehead atoms. The Kier molecular flexibility index (Phi) is 9.96. The van der Waals surface area contributed by atoms with Gasteiger partial charge in [-0.05, 0) is 67.2 Å². The maximum absolute atomic E-state index is 10.6. The summed E-state index contributed by atoms with van der Waals surface area (Å²) in [5, 5.41) is 3.40. The molecule has 1 aromatic carbocycles. The molecule has 1 saturated heterocycles. The molecule has 3 heteroatoms. The molecule has 0 saturated carbocycles. The maximum Gasteiger partial charge on any atom is 0.123 e. The van der Waals surface area contributed by atoms with Gasteiger partial charge in [0.1, 0.15) is 11.5 Å². The van der Waals surface area contributed by atoms with E-state index in [1.54, 1.807) is 12.2 Å². The van der Waals surface area contributed by atoms with E-state index in [9.17, 15) is 4.55 Å². The van der Waals surface area contributed by atoms with Gasteiger partial charge in [0.15, 0.2) is 0 Å². The molecule has 2 nitrogen and oxygen atoms in total. The first-order valence-corrected chi connectivity index (χ1v) is 9.06. The van der Waals surface area contributed by atoms with Crippen LogP contribution in [0.2, 0.25) is 0 Å².